The van der Waals surface area contributed by atoms with Gasteiger partial charge in [0.25, 0.3) is 0 Å². The number of rotatable bonds is 9. The zero-order chi connectivity index (χ0) is 22.1. The van der Waals surface area contributed by atoms with E-state index in [1.807, 2.05) is 59.3 Å². The van der Waals surface area contributed by atoms with Crippen molar-refractivity contribution < 1.29 is 19.0 Å². The predicted molar refractivity (Wildman–Crippen MR) is 129 cm³/mol. The van der Waals surface area contributed by atoms with Crippen molar-refractivity contribution in [2.75, 3.05) is 21.3 Å². The van der Waals surface area contributed by atoms with E-state index in [0.29, 0.717) is 11.5 Å². The van der Waals surface area contributed by atoms with E-state index in [1.54, 1.807) is 57.0 Å². The minimum Gasteiger partial charge on any atom is -0.497 e. The molecule has 0 radical (unpaired) electrons. The molecule has 5 heteroatoms. The third-order valence-corrected chi connectivity index (χ3v) is 5.27. The fourth-order valence-electron chi connectivity index (χ4n) is 2.90. The zero-order valence-corrected chi connectivity index (χ0v) is 18.5. The lowest BCUT2D eigenvalue weighted by Gasteiger charge is -2.11. The van der Waals surface area contributed by atoms with Crippen molar-refractivity contribution >= 4 is 41.4 Å². The van der Waals surface area contributed by atoms with Crippen molar-refractivity contribution in [2.45, 2.75) is 0 Å². The first kappa shape index (κ1) is 22.1. The van der Waals surface area contributed by atoms with Gasteiger partial charge in [-0.25, -0.2) is 0 Å². The number of allylic oxidation sites excluding steroid dienone is 2. The molecule has 0 aliphatic heterocycles. The fraction of sp³-hybridized carbons (Fsp3) is 0.115. The molecule has 0 spiro atoms. The molecule has 0 unspecified atom stereocenters. The van der Waals surface area contributed by atoms with Gasteiger partial charge in [-0.2, -0.15) is 11.3 Å². The Labute approximate surface area is 186 Å². The van der Waals surface area contributed by atoms with Crippen LogP contribution in [0.1, 0.15) is 22.3 Å². The lowest BCUT2D eigenvalue weighted by Crippen LogP contribution is -1.94. The molecule has 3 rings (SSSR count). The highest BCUT2D eigenvalue weighted by Gasteiger charge is 2.09. The molecular weight excluding hydrogens is 408 g/mol. The van der Waals surface area contributed by atoms with E-state index in [4.69, 9.17) is 14.2 Å². The van der Waals surface area contributed by atoms with Crippen LogP contribution in [-0.2, 0) is 4.79 Å². The van der Waals surface area contributed by atoms with E-state index < -0.39 is 0 Å². The molecule has 158 valence electrons. The fourth-order valence-corrected chi connectivity index (χ4v) is 3.52. The van der Waals surface area contributed by atoms with Crippen LogP contribution in [0.3, 0.4) is 0 Å². The molecule has 0 atom stereocenters. The summed E-state index contributed by atoms with van der Waals surface area (Å²) in [5.74, 6) is 2.00. The first-order valence-corrected chi connectivity index (χ1v) is 10.6. The average Bonchev–Trinajstić information content (AvgIpc) is 3.33. The number of hydrogen-bond donors (Lipinski definition) is 0. The monoisotopic (exact) mass is 432 g/mol. The number of carbonyl (C=O) groups is 1. The Balaban J connectivity index is 1.89. The van der Waals surface area contributed by atoms with Gasteiger partial charge in [-0.1, -0.05) is 30.4 Å². The molecule has 0 aliphatic carbocycles. The summed E-state index contributed by atoms with van der Waals surface area (Å²) in [6.45, 7) is 0. The van der Waals surface area contributed by atoms with Gasteiger partial charge in [-0.3, -0.25) is 4.79 Å². The zero-order valence-electron chi connectivity index (χ0n) is 17.7. The van der Waals surface area contributed by atoms with Crippen LogP contribution in [0.25, 0.3) is 24.3 Å². The molecule has 0 N–H and O–H groups in total. The van der Waals surface area contributed by atoms with Crippen LogP contribution >= 0.6 is 11.3 Å². The van der Waals surface area contributed by atoms with Gasteiger partial charge < -0.3 is 14.2 Å². The summed E-state index contributed by atoms with van der Waals surface area (Å²) in [4.78, 5) is 12.3. The normalized spacial score (nSPS) is 11.5. The summed E-state index contributed by atoms with van der Waals surface area (Å²) in [6.07, 6.45) is 10.6. The number of methoxy groups -OCH3 is 3. The van der Waals surface area contributed by atoms with E-state index in [0.717, 1.165) is 28.0 Å². The molecule has 3 aromatic rings. The topological polar surface area (TPSA) is 44.8 Å². The van der Waals surface area contributed by atoms with Crippen molar-refractivity contribution in [1.82, 2.24) is 0 Å². The Morgan fingerprint density at radius 1 is 0.774 bits per heavy atom. The standard InChI is InChI=1S/C26H24O4S/c1-28-23-11-6-19(7-12-23)4-8-21-16-24(29-2)17-26(30-3)25(21)13-10-22(27)9-5-20-14-15-31-18-20/h4-18H,1-3H3/b8-4+,9-5+,13-10+. The van der Waals surface area contributed by atoms with Crippen molar-refractivity contribution in [1.29, 1.82) is 0 Å². The van der Waals surface area contributed by atoms with Crippen LogP contribution in [0.5, 0.6) is 17.2 Å². The minimum atomic E-state index is -0.103. The van der Waals surface area contributed by atoms with Crippen molar-refractivity contribution in [3.63, 3.8) is 0 Å². The van der Waals surface area contributed by atoms with Crippen LogP contribution in [-0.4, -0.2) is 27.1 Å². The molecule has 0 saturated carbocycles. The van der Waals surface area contributed by atoms with E-state index in [9.17, 15) is 4.79 Å². The summed E-state index contributed by atoms with van der Waals surface area (Å²) in [6, 6.07) is 13.4. The first-order valence-electron chi connectivity index (χ1n) is 9.63. The maximum absolute atomic E-state index is 12.3. The lowest BCUT2D eigenvalue weighted by molar-refractivity contribution is -0.110. The van der Waals surface area contributed by atoms with E-state index in [-0.39, 0.29) is 5.78 Å². The molecule has 4 nitrogen and oxygen atoms in total. The SMILES string of the molecule is COc1ccc(/C=C/c2cc(OC)cc(OC)c2/C=C/C(=O)/C=C/c2ccsc2)cc1. The molecule has 0 saturated heterocycles. The molecule has 0 bridgehead atoms. The van der Waals surface area contributed by atoms with Crippen molar-refractivity contribution in [3.05, 3.63) is 87.6 Å². The summed E-state index contributed by atoms with van der Waals surface area (Å²) in [7, 11) is 4.85. The van der Waals surface area contributed by atoms with Gasteiger partial charge in [0.2, 0.25) is 0 Å². The molecular formula is C26H24O4S. The third-order valence-electron chi connectivity index (χ3n) is 4.57. The number of carbonyl (C=O) groups excluding carboxylic acids is 1. The Morgan fingerprint density at radius 2 is 1.52 bits per heavy atom. The average molecular weight is 433 g/mol. The maximum atomic E-state index is 12.3. The van der Waals surface area contributed by atoms with Gasteiger partial charge in [0, 0.05) is 11.6 Å². The van der Waals surface area contributed by atoms with Gasteiger partial charge in [0.1, 0.15) is 17.2 Å². The lowest BCUT2D eigenvalue weighted by atomic mass is 10.0. The van der Waals surface area contributed by atoms with E-state index in [1.165, 1.54) is 6.08 Å². The minimum absolute atomic E-state index is 0.103. The Bertz CT molecular complexity index is 1090. The number of thiophene rings is 1. The molecule has 31 heavy (non-hydrogen) atoms. The summed E-state index contributed by atoms with van der Waals surface area (Å²) in [5, 5.41) is 3.96. The Kier molecular flexibility index (Phi) is 7.85. The van der Waals surface area contributed by atoms with Crippen LogP contribution in [0.15, 0.2) is 65.4 Å². The highest BCUT2D eigenvalue weighted by Crippen LogP contribution is 2.31. The highest BCUT2D eigenvalue weighted by atomic mass is 32.1. The highest BCUT2D eigenvalue weighted by molar-refractivity contribution is 7.08. The third kappa shape index (κ3) is 6.20. The second-order valence-corrected chi connectivity index (χ2v) is 7.34. The van der Waals surface area contributed by atoms with Gasteiger partial charge >= 0.3 is 0 Å². The first-order chi connectivity index (χ1) is 15.1. The molecule has 1 heterocycles. The summed E-state index contributed by atoms with van der Waals surface area (Å²) < 4.78 is 16.2. The molecule has 2 aromatic carbocycles. The van der Waals surface area contributed by atoms with Gasteiger partial charge in [-0.15, -0.1) is 0 Å². The second kappa shape index (κ2) is 11.0. The summed E-state index contributed by atoms with van der Waals surface area (Å²) >= 11 is 1.59. The molecule has 0 fully saturated rings. The van der Waals surface area contributed by atoms with E-state index >= 15 is 0 Å². The molecule has 0 aliphatic rings. The molecule has 0 amide bonds. The maximum Gasteiger partial charge on any atom is 0.178 e. The molecule has 1 aromatic heterocycles. The Hall–Kier alpha value is -3.57. The smallest absolute Gasteiger partial charge is 0.178 e. The van der Waals surface area contributed by atoms with Gasteiger partial charge in [0.15, 0.2) is 5.78 Å². The van der Waals surface area contributed by atoms with Crippen LogP contribution in [0, 0.1) is 0 Å². The number of hydrogen-bond acceptors (Lipinski definition) is 5. The second-order valence-electron chi connectivity index (χ2n) is 6.56. The van der Waals surface area contributed by atoms with Crippen LogP contribution < -0.4 is 14.2 Å². The van der Waals surface area contributed by atoms with E-state index in [2.05, 4.69) is 0 Å². The van der Waals surface area contributed by atoms with Gasteiger partial charge in [-0.05, 0) is 69.9 Å². The van der Waals surface area contributed by atoms with Gasteiger partial charge in [0.05, 0.1) is 21.3 Å². The number of benzene rings is 2. The summed E-state index contributed by atoms with van der Waals surface area (Å²) in [5.41, 5.74) is 3.70. The Morgan fingerprint density at radius 3 is 2.16 bits per heavy atom. The van der Waals surface area contributed by atoms with Crippen molar-refractivity contribution in [2.24, 2.45) is 0 Å². The quantitative estimate of drug-likeness (QED) is 0.297. The van der Waals surface area contributed by atoms with Crippen LogP contribution in [0.4, 0.5) is 0 Å². The predicted octanol–water partition coefficient (Wildman–Crippen LogP) is 6.24. The largest absolute Gasteiger partial charge is 0.497 e. The number of ketones is 1. The van der Waals surface area contributed by atoms with Crippen LogP contribution in [0.2, 0.25) is 0 Å². The number of ether oxygens (including phenoxy) is 3. The van der Waals surface area contributed by atoms with Crippen molar-refractivity contribution in [3.8, 4) is 17.2 Å².